The molecule has 1 atom stereocenters. The van der Waals surface area contributed by atoms with Gasteiger partial charge in [-0.15, -0.1) is 0 Å². The molecule has 2 aromatic heterocycles. The smallest absolute Gasteiger partial charge is 0.0516 e. The number of nitrogens with zero attached hydrogens (tertiary/aromatic N) is 2. The van der Waals surface area contributed by atoms with E-state index in [1.165, 1.54) is 0 Å². The van der Waals surface area contributed by atoms with Crippen molar-refractivity contribution >= 4 is 0 Å². The van der Waals surface area contributed by atoms with E-state index in [4.69, 9.17) is 5.84 Å². The lowest BCUT2D eigenvalue weighted by molar-refractivity contribution is 0.549. The summed E-state index contributed by atoms with van der Waals surface area (Å²) in [5.41, 5.74) is 6.06. The first-order valence-electron chi connectivity index (χ1n) is 5.57. The van der Waals surface area contributed by atoms with Gasteiger partial charge in [0.25, 0.3) is 0 Å². The zero-order chi connectivity index (χ0) is 12.1. The Morgan fingerprint density at radius 3 is 2.76 bits per heavy atom. The molecule has 4 heteroatoms. The maximum atomic E-state index is 5.59. The summed E-state index contributed by atoms with van der Waals surface area (Å²) in [7, 11) is 0. The molecule has 1 unspecified atom stereocenters. The number of aryl methyl sites for hydroxylation is 1. The van der Waals surface area contributed by atoms with E-state index in [0.717, 1.165) is 23.2 Å². The summed E-state index contributed by atoms with van der Waals surface area (Å²) in [6, 6.07) is 8.06. The Hall–Kier alpha value is -1.78. The fraction of sp³-hybridized carbons (Fsp3) is 0.231. The molecular weight excluding hydrogens is 212 g/mol. The van der Waals surface area contributed by atoms with Crippen molar-refractivity contribution in [3.05, 3.63) is 59.7 Å². The zero-order valence-electron chi connectivity index (χ0n) is 9.80. The van der Waals surface area contributed by atoms with Crippen LogP contribution in [0.3, 0.4) is 0 Å². The maximum Gasteiger partial charge on any atom is 0.0516 e. The van der Waals surface area contributed by atoms with Gasteiger partial charge in [-0.25, -0.2) is 0 Å². The molecule has 4 nitrogen and oxygen atoms in total. The first-order valence-corrected chi connectivity index (χ1v) is 5.57. The van der Waals surface area contributed by atoms with E-state index in [-0.39, 0.29) is 6.04 Å². The van der Waals surface area contributed by atoms with Crippen LogP contribution < -0.4 is 11.3 Å². The second kappa shape index (κ2) is 5.52. The van der Waals surface area contributed by atoms with Gasteiger partial charge in [0.05, 0.1) is 6.04 Å². The van der Waals surface area contributed by atoms with Crippen molar-refractivity contribution in [2.75, 3.05) is 0 Å². The first-order chi connectivity index (χ1) is 8.29. The van der Waals surface area contributed by atoms with Crippen molar-refractivity contribution in [2.45, 2.75) is 19.4 Å². The predicted molar refractivity (Wildman–Crippen MR) is 67.0 cm³/mol. The van der Waals surface area contributed by atoms with Gasteiger partial charge in [0.15, 0.2) is 0 Å². The lowest BCUT2D eigenvalue weighted by Crippen LogP contribution is -2.29. The van der Waals surface area contributed by atoms with Gasteiger partial charge in [0.1, 0.15) is 0 Å². The Balaban J connectivity index is 2.14. The van der Waals surface area contributed by atoms with Crippen LogP contribution in [0.2, 0.25) is 0 Å². The molecule has 0 aliphatic heterocycles. The van der Waals surface area contributed by atoms with Crippen molar-refractivity contribution in [1.29, 1.82) is 0 Å². The fourth-order valence-electron chi connectivity index (χ4n) is 1.71. The molecule has 17 heavy (non-hydrogen) atoms. The molecule has 0 amide bonds. The number of aromatic nitrogens is 2. The van der Waals surface area contributed by atoms with Crippen LogP contribution in [-0.4, -0.2) is 9.97 Å². The number of hydrazine groups is 1. The van der Waals surface area contributed by atoms with Crippen LogP contribution in [-0.2, 0) is 6.42 Å². The molecule has 0 spiro atoms. The van der Waals surface area contributed by atoms with Crippen LogP contribution in [0.25, 0.3) is 0 Å². The third-order valence-corrected chi connectivity index (χ3v) is 2.70. The first kappa shape index (κ1) is 11.7. The number of pyridine rings is 2. The second-order valence-electron chi connectivity index (χ2n) is 4.02. The molecule has 2 aromatic rings. The van der Waals surface area contributed by atoms with Gasteiger partial charge in [-0.3, -0.25) is 21.2 Å². The molecule has 0 saturated heterocycles. The number of nitrogens with one attached hydrogen (secondary N) is 1. The van der Waals surface area contributed by atoms with Crippen molar-refractivity contribution in [1.82, 2.24) is 15.4 Å². The predicted octanol–water partition coefficient (Wildman–Crippen LogP) is 1.53. The van der Waals surface area contributed by atoms with E-state index >= 15 is 0 Å². The largest absolute Gasteiger partial charge is 0.271 e. The molecule has 0 fully saturated rings. The van der Waals surface area contributed by atoms with Crippen LogP contribution in [0.15, 0.2) is 42.9 Å². The van der Waals surface area contributed by atoms with Crippen molar-refractivity contribution in [3.63, 3.8) is 0 Å². The molecule has 88 valence electrons. The third-order valence-electron chi connectivity index (χ3n) is 2.70. The standard InChI is InChI=1S/C13H16N4/c1-10-4-5-12(9-16-10)13(17-14)7-11-3-2-6-15-8-11/h2-6,8-9,13,17H,7,14H2,1H3. The molecule has 2 heterocycles. The van der Waals surface area contributed by atoms with Gasteiger partial charge >= 0.3 is 0 Å². The van der Waals surface area contributed by atoms with Crippen LogP contribution in [0, 0.1) is 6.92 Å². The van der Waals surface area contributed by atoms with Gasteiger partial charge in [-0.05, 0) is 36.6 Å². The number of rotatable bonds is 4. The lowest BCUT2D eigenvalue weighted by Gasteiger charge is -2.15. The minimum atomic E-state index is 0.0623. The highest BCUT2D eigenvalue weighted by molar-refractivity contribution is 5.20. The lowest BCUT2D eigenvalue weighted by atomic mass is 10.0. The highest BCUT2D eigenvalue weighted by Gasteiger charge is 2.10. The Morgan fingerprint density at radius 1 is 1.29 bits per heavy atom. The van der Waals surface area contributed by atoms with E-state index < -0.39 is 0 Å². The van der Waals surface area contributed by atoms with Gasteiger partial charge in [0, 0.05) is 24.3 Å². The Kier molecular flexibility index (Phi) is 3.80. The SMILES string of the molecule is Cc1ccc(C(Cc2cccnc2)NN)cn1. The van der Waals surface area contributed by atoms with E-state index in [2.05, 4.69) is 15.4 Å². The van der Waals surface area contributed by atoms with Gasteiger partial charge in [0.2, 0.25) is 0 Å². The Morgan fingerprint density at radius 2 is 2.18 bits per heavy atom. The quantitative estimate of drug-likeness (QED) is 0.615. The van der Waals surface area contributed by atoms with Crippen LogP contribution in [0.5, 0.6) is 0 Å². The average Bonchev–Trinajstić information content (AvgIpc) is 2.38. The zero-order valence-corrected chi connectivity index (χ0v) is 9.80. The van der Waals surface area contributed by atoms with Crippen LogP contribution in [0.4, 0.5) is 0 Å². The van der Waals surface area contributed by atoms with Gasteiger partial charge in [-0.1, -0.05) is 12.1 Å². The minimum Gasteiger partial charge on any atom is -0.271 e. The van der Waals surface area contributed by atoms with Crippen molar-refractivity contribution < 1.29 is 0 Å². The molecule has 0 bridgehead atoms. The van der Waals surface area contributed by atoms with E-state index in [1.807, 2.05) is 43.6 Å². The molecular formula is C13H16N4. The molecule has 0 aliphatic rings. The van der Waals surface area contributed by atoms with Gasteiger partial charge in [-0.2, -0.15) is 0 Å². The summed E-state index contributed by atoms with van der Waals surface area (Å²) in [6.07, 6.45) is 6.28. The summed E-state index contributed by atoms with van der Waals surface area (Å²) in [6.45, 7) is 1.97. The molecule has 3 N–H and O–H groups in total. The molecule has 2 rings (SSSR count). The summed E-state index contributed by atoms with van der Waals surface area (Å²) in [5, 5.41) is 0. The summed E-state index contributed by atoms with van der Waals surface area (Å²) >= 11 is 0. The van der Waals surface area contributed by atoms with Crippen LogP contribution in [0.1, 0.15) is 22.9 Å². The third kappa shape index (κ3) is 3.09. The van der Waals surface area contributed by atoms with E-state index in [0.29, 0.717) is 0 Å². The summed E-state index contributed by atoms with van der Waals surface area (Å²) in [5.74, 6) is 5.59. The Bertz CT molecular complexity index is 453. The normalized spacial score (nSPS) is 12.4. The average molecular weight is 228 g/mol. The monoisotopic (exact) mass is 228 g/mol. The summed E-state index contributed by atoms with van der Waals surface area (Å²) in [4.78, 5) is 8.37. The molecule has 0 aliphatic carbocycles. The molecule has 0 aromatic carbocycles. The number of nitrogens with two attached hydrogens (primary N) is 1. The summed E-state index contributed by atoms with van der Waals surface area (Å²) < 4.78 is 0. The van der Waals surface area contributed by atoms with Crippen molar-refractivity contribution in [3.8, 4) is 0 Å². The number of hydrogen-bond acceptors (Lipinski definition) is 4. The Labute approximate surface area is 101 Å². The van der Waals surface area contributed by atoms with Crippen LogP contribution >= 0.6 is 0 Å². The number of hydrogen-bond donors (Lipinski definition) is 2. The van der Waals surface area contributed by atoms with E-state index in [1.54, 1.807) is 6.20 Å². The maximum absolute atomic E-state index is 5.59. The minimum absolute atomic E-state index is 0.0623. The topological polar surface area (TPSA) is 63.8 Å². The van der Waals surface area contributed by atoms with Gasteiger partial charge < -0.3 is 0 Å². The molecule has 0 radical (unpaired) electrons. The highest BCUT2D eigenvalue weighted by atomic mass is 15.2. The highest BCUT2D eigenvalue weighted by Crippen LogP contribution is 2.16. The second-order valence-corrected chi connectivity index (χ2v) is 4.02. The molecule has 0 saturated carbocycles. The fourth-order valence-corrected chi connectivity index (χ4v) is 1.71. The van der Waals surface area contributed by atoms with Crippen molar-refractivity contribution in [2.24, 2.45) is 5.84 Å². The van der Waals surface area contributed by atoms with E-state index in [9.17, 15) is 0 Å².